The van der Waals surface area contributed by atoms with Gasteiger partial charge in [0.1, 0.15) is 17.7 Å². The second-order valence-electron chi connectivity index (χ2n) is 5.24. The molecule has 0 aliphatic heterocycles. The summed E-state index contributed by atoms with van der Waals surface area (Å²) >= 11 is 7.50. The SMILES string of the molecule is CNCCC(Oc1ccc(F)c2c(Cl)csc12)c1ccccc1. The van der Waals surface area contributed by atoms with E-state index >= 15 is 0 Å². The molecule has 0 amide bonds. The molecule has 3 aromatic rings. The van der Waals surface area contributed by atoms with Crippen LogP contribution in [-0.2, 0) is 0 Å². The third kappa shape index (κ3) is 3.50. The summed E-state index contributed by atoms with van der Waals surface area (Å²) in [5, 5.41) is 5.76. The summed E-state index contributed by atoms with van der Waals surface area (Å²) in [5.74, 6) is 0.355. The number of hydrogen-bond acceptors (Lipinski definition) is 3. The molecule has 3 rings (SSSR count). The molecule has 5 heteroatoms. The fourth-order valence-electron chi connectivity index (χ4n) is 2.53. The third-order valence-electron chi connectivity index (χ3n) is 3.69. The molecule has 0 saturated carbocycles. The van der Waals surface area contributed by atoms with Crippen LogP contribution in [0.2, 0.25) is 5.02 Å². The summed E-state index contributed by atoms with van der Waals surface area (Å²) in [5.41, 5.74) is 1.10. The van der Waals surface area contributed by atoms with Gasteiger partial charge in [-0.3, -0.25) is 0 Å². The van der Waals surface area contributed by atoms with E-state index < -0.39 is 0 Å². The van der Waals surface area contributed by atoms with Crippen LogP contribution in [0.3, 0.4) is 0 Å². The minimum absolute atomic E-state index is 0.0989. The first-order chi connectivity index (χ1) is 11.2. The maximum absolute atomic E-state index is 14.0. The van der Waals surface area contributed by atoms with Crippen LogP contribution in [0.15, 0.2) is 47.8 Å². The van der Waals surface area contributed by atoms with Crippen molar-refractivity contribution in [3.8, 4) is 5.75 Å². The van der Waals surface area contributed by atoms with E-state index in [1.807, 2.05) is 37.4 Å². The van der Waals surface area contributed by atoms with E-state index in [-0.39, 0.29) is 11.9 Å². The number of halogens is 2. The predicted octanol–water partition coefficient (Wildman–Crippen LogP) is 5.42. The molecule has 1 aromatic heterocycles. The van der Waals surface area contributed by atoms with Gasteiger partial charge in [-0.1, -0.05) is 41.9 Å². The highest BCUT2D eigenvalue weighted by Gasteiger charge is 2.17. The lowest BCUT2D eigenvalue weighted by molar-refractivity contribution is 0.198. The Kier molecular flexibility index (Phi) is 5.16. The van der Waals surface area contributed by atoms with Crippen LogP contribution < -0.4 is 10.1 Å². The molecule has 2 nitrogen and oxygen atoms in total. The Morgan fingerprint density at radius 2 is 2.00 bits per heavy atom. The topological polar surface area (TPSA) is 21.3 Å². The molecule has 0 bridgehead atoms. The van der Waals surface area contributed by atoms with Gasteiger partial charge in [0.05, 0.1) is 15.1 Å². The Morgan fingerprint density at radius 1 is 1.22 bits per heavy atom. The van der Waals surface area contributed by atoms with Crippen LogP contribution in [0.1, 0.15) is 18.1 Å². The molecule has 120 valence electrons. The normalized spacial score (nSPS) is 12.5. The molecule has 1 atom stereocenters. The van der Waals surface area contributed by atoms with E-state index in [0.717, 1.165) is 23.2 Å². The van der Waals surface area contributed by atoms with Crippen molar-refractivity contribution in [2.24, 2.45) is 0 Å². The zero-order chi connectivity index (χ0) is 16.2. The average molecular weight is 350 g/mol. The van der Waals surface area contributed by atoms with Crippen molar-refractivity contribution in [3.63, 3.8) is 0 Å². The van der Waals surface area contributed by atoms with Crippen molar-refractivity contribution < 1.29 is 9.13 Å². The van der Waals surface area contributed by atoms with Crippen LogP contribution in [-0.4, -0.2) is 13.6 Å². The highest BCUT2D eigenvalue weighted by Crippen LogP contribution is 2.40. The van der Waals surface area contributed by atoms with Gasteiger partial charge in [0.25, 0.3) is 0 Å². The molecular weight excluding hydrogens is 333 g/mol. The second kappa shape index (κ2) is 7.30. The van der Waals surface area contributed by atoms with E-state index in [1.54, 1.807) is 11.4 Å². The van der Waals surface area contributed by atoms with Crippen molar-refractivity contribution in [1.82, 2.24) is 5.32 Å². The third-order valence-corrected chi connectivity index (χ3v) is 5.11. The fraction of sp³-hybridized carbons (Fsp3) is 0.222. The summed E-state index contributed by atoms with van der Waals surface area (Å²) in [4.78, 5) is 0. The zero-order valence-electron chi connectivity index (χ0n) is 12.7. The molecule has 0 radical (unpaired) electrons. The Bertz CT molecular complexity index is 790. The highest BCUT2D eigenvalue weighted by molar-refractivity contribution is 7.18. The molecule has 1 N–H and O–H groups in total. The standard InChI is InChI=1S/C18H17ClFNOS/c1-21-10-9-15(12-5-3-2-4-6-12)22-16-8-7-14(20)17-13(19)11-23-18(16)17/h2-8,11,15,21H,9-10H2,1H3. The molecule has 0 fully saturated rings. The minimum Gasteiger partial charge on any atom is -0.484 e. The highest BCUT2D eigenvalue weighted by atomic mass is 35.5. The van der Waals surface area contributed by atoms with Crippen molar-refractivity contribution in [2.75, 3.05) is 13.6 Å². The van der Waals surface area contributed by atoms with E-state index in [9.17, 15) is 4.39 Å². The molecule has 1 unspecified atom stereocenters. The minimum atomic E-state index is -0.315. The number of benzene rings is 2. The van der Waals surface area contributed by atoms with Crippen molar-refractivity contribution >= 4 is 33.0 Å². The van der Waals surface area contributed by atoms with Gasteiger partial charge in [0, 0.05) is 11.8 Å². The molecule has 23 heavy (non-hydrogen) atoms. The van der Waals surface area contributed by atoms with Crippen molar-refractivity contribution in [1.29, 1.82) is 0 Å². The van der Waals surface area contributed by atoms with Crippen LogP contribution in [0.5, 0.6) is 5.75 Å². The lowest BCUT2D eigenvalue weighted by atomic mass is 10.1. The van der Waals surface area contributed by atoms with Crippen LogP contribution in [0.25, 0.3) is 10.1 Å². The quantitative estimate of drug-likeness (QED) is 0.641. The largest absolute Gasteiger partial charge is 0.484 e. The van der Waals surface area contributed by atoms with Gasteiger partial charge in [-0.05, 0) is 31.3 Å². The van der Waals surface area contributed by atoms with Gasteiger partial charge in [-0.15, -0.1) is 11.3 Å². The number of thiophene rings is 1. The van der Waals surface area contributed by atoms with E-state index in [0.29, 0.717) is 16.2 Å². The van der Waals surface area contributed by atoms with Gasteiger partial charge in [0.2, 0.25) is 0 Å². The van der Waals surface area contributed by atoms with Crippen LogP contribution in [0, 0.1) is 5.82 Å². The molecule has 1 heterocycles. The van der Waals surface area contributed by atoms with Crippen LogP contribution in [0.4, 0.5) is 4.39 Å². The first kappa shape index (κ1) is 16.2. The molecule has 0 aliphatic rings. The fourth-order valence-corrected chi connectivity index (χ4v) is 3.80. The van der Waals surface area contributed by atoms with Crippen molar-refractivity contribution in [2.45, 2.75) is 12.5 Å². The molecular formula is C18H17ClFNOS. The maximum atomic E-state index is 14.0. The first-order valence-corrected chi connectivity index (χ1v) is 8.68. The van der Waals surface area contributed by atoms with Gasteiger partial charge in [0.15, 0.2) is 0 Å². The lowest BCUT2D eigenvalue weighted by Gasteiger charge is -2.20. The summed E-state index contributed by atoms with van der Waals surface area (Å²) in [6, 6.07) is 13.1. The van der Waals surface area contributed by atoms with Gasteiger partial charge >= 0.3 is 0 Å². The smallest absolute Gasteiger partial charge is 0.138 e. The maximum Gasteiger partial charge on any atom is 0.138 e. The zero-order valence-corrected chi connectivity index (χ0v) is 14.3. The second-order valence-corrected chi connectivity index (χ2v) is 6.53. The summed E-state index contributed by atoms with van der Waals surface area (Å²) in [6.45, 7) is 0.828. The summed E-state index contributed by atoms with van der Waals surface area (Å²) in [7, 11) is 1.91. The first-order valence-electron chi connectivity index (χ1n) is 7.42. The molecule has 0 spiro atoms. The van der Waals surface area contributed by atoms with Gasteiger partial charge < -0.3 is 10.1 Å². The Morgan fingerprint density at radius 3 is 2.74 bits per heavy atom. The van der Waals surface area contributed by atoms with Gasteiger partial charge in [-0.2, -0.15) is 0 Å². The predicted molar refractivity (Wildman–Crippen MR) is 95.1 cm³/mol. The molecule has 2 aromatic carbocycles. The molecule has 0 saturated heterocycles. The lowest BCUT2D eigenvalue weighted by Crippen LogP contribution is -2.16. The number of rotatable bonds is 6. The Balaban J connectivity index is 1.95. The van der Waals surface area contributed by atoms with Crippen molar-refractivity contribution in [3.05, 3.63) is 64.2 Å². The average Bonchev–Trinajstić information content (AvgIpc) is 2.97. The number of ether oxygens (including phenoxy) is 1. The van der Waals surface area contributed by atoms with Crippen LogP contribution >= 0.6 is 22.9 Å². The Hall–Kier alpha value is -1.62. The monoisotopic (exact) mass is 349 g/mol. The van der Waals surface area contributed by atoms with E-state index in [4.69, 9.17) is 16.3 Å². The Labute approximate surface area is 143 Å². The number of hydrogen-bond donors (Lipinski definition) is 1. The van der Waals surface area contributed by atoms with E-state index in [2.05, 4.69) is 5.32 Å². The summed E-state index contributed by atoms with van der Waals surface area (Å²) in [6.07, 6.45) is 0.719. The number of fused-ring (bicyclic) bond motifs is 1. The van der Waals surface area contributed by atoms with E-state index in [1.165, 1.54) is 17.4 Å². The number of nitrogens with one attached hydrogen (secondary N) is 1. The summed E-state index contributed by atoms with van der Waals surface area (Å²) < 4.78 is 21.0. The van der Waals surface area contributed by atoms with Gasteiger partial charge in [-0.25, -0.2) is 4.39 Å². The molecule has 0 aliphatic carbocycles.